The Kier molecular flexibility index (Phi) is 5.65. The topological polar surface area (TPSA) is 54.2 Å². The third kappa shape index (κ3) is 4.16. The van der Waals surface area contributed by atoms with Crippen molar-refractivity contribution in [3.05, 3.63) is 48.1 Å². The molecule has 0 spiro atoms. The van der Waals surface area contributed by atoms with Gasteiger partial charge in [-0.1, -0.05) is 12.0 Å². The van der Waals surface area contributed by atoms with Gasteiger partial charge >= 0.3 is 0 Å². The Balaban J connectivity index is 2.42. The van der Waals surface area contributed by atoms with Crippen LogP contribution in [-0.2, 0) is 12.1 Å². The number of nitrogens with zero attached hydrogens (tertiary/aromatic N) is 4. The van der Waals surface area contributed by atoms with E-state index < -0.39 is 17.2 Å². The first kappa shape index (κ1) is 18.0. The lowest BCUT2D eigenvalue weighted by molar-refractivity contribution is -0.0253. The summed E-state index contributed by atoms with van der Waals surface area (Å²) in [4.78, 5) is 5.66. The van der Waals surface area contributed by atoms with Gasteiger partial charge in [0.15, 0.2) is 0 Å². The van der Waals surface area contributed by atoms with Crippen molar-refractivity contribution in [3.8, 4) is 12.3 Å². The van der Waals surface area contributed by atoms with E-state index in [2.05, 4.69) is 16.0 Å². The van der Waals surface area contributed by atoms with E-state index in [0.29, 0.717) is 6.54 Å². The van der Waals surface area contributed by atoms with E-state index >= 15 is 0 Å². The van der Waals surface area contributed by atoms with Gasteiger partial charge in [0.1, 0.15) is 29.9 Å². The highest BCUT2D eigenvalue weighted by Gasteiger charge is 2.36. The smallest absolute Gasteiger partial charge is 0.137 e. The van der Waals surface area contributed by atoms with Crippen LogP contribution in [0.5, 0.6) is 0 Å². The molecule has 24 heavy (non-hydrogen) atoms. The molecule has 1 N–H and O–H groups in total. The van der Waals surface area contributed by atoms with Crippen LogP contribution in [0.2, 0.25) is 0 Å². The number of halogens is 2. The number of terminal acetylenes is 1. The molecule has 1 atom stereocenters. The predicted molar refractivity (Wildman–Crippen MR) is 85.8 cm³/mol. The first-order valence-corrected chi connectivity index (χ1v) is 7.53. The maximum Gasteiger partial charge on any atom is 0.137 e. The molecule has 5 nitrogen and oxygen atoms in total. The summed E-state index contributed by atoms with van der Waals surface area (Å²) < 4.78 is 28.9. The maximum atomic E-state index is 14.3. The first-order valence-electron chi connectivity index (χ1n) is 7.53. The Labute approximate surface area is 139 Å². The molecule has 128 valence electrons. The van der Waals surface area contributed by atoms with Gasteiger partial charge in [-0.15, -0.1) is 6.42 Å². The highest BCUT2D eigenvalue weighted by atomic mass is 19.1. The summed E-state index contributed by atoms with van der Waals surface area (Å²) in [6.07, 6.45) is 8.13. The van der Waals surface area contributed by atoms with Crippen LogP contribution in [-0.4, -0.2) is 43.9 Å². The van der Waals surface area contributed by atoms with Gasteiger partial charge in [-0.25, -0.2) is 18.4 Å². The Hall–Kier alpha value is -2.30. The van der Waals surface area contributed by atoms with Crippen molar-refractivity contribution >= 4 is 0 Å². The van der Waals surface area contributed by atoms with E-state index in [-0.39, 0.29) is 24.7 Å². The van der Waals surface area contributed by atoms with E-state index in [0.717, 1.165) is 12.1 Å². The fourth-order valence-electron chi connectivity index (χ4n) is 2.54. The molecule has 1 aromatic heterocycles. The fourth-order valence-corrected chi connectivity index (χ4v) is 2.54. The van der Waals surface area contributed by atoms with Gasteiger partial charge in [-0.3, -0.25) is 4.90 Å². The second-order valence-electron chi connectivity index (χ2n) is 5.95. The van der Waals surface area contributed by atoms with Crippen LogP contribution in [0.4, 0.5) is 8.78 Å². The van der Waals surface area contributed by atoms with Crippen LogP contribution >= 0.6 is 0 Å². The van der Waals surface area contributed by atoms with Crippen molar-refractivity contribution in [1.29, 1.82) is 0 Å². The highest BCUT2D eigenvalue weighted by molar-refractivity contribution is 5.26. The van der Waals surface area contributed by atoms with E-state index in [1.807, 2.05) is 18.7 Å². The molecule has 0 aliphatic carbocycles. The quantitative estimate of drug-likeness (QED) is 0.785. The molecule has 0 radical (unpaired) electrons. The van der Waals surface area contributed by atoms with Crippen molar-refractivity contribution in [2.24, 2.45) is 0 Å². The molecular weight excluding hydrogens is 314 g/mol. The van der Waals surface area contributed by atoms with Gasteiger partial charge in [0, 0.05) is 24.2 Å². The number of hydrogen-bond acceptors (Lipinski definition) is 4. The lowest BCUT2D eigenvalue weighted by atomic mass is 9.91. The SMILES string of the molecule is C#CCN(CC(O)(Cn1cncn1)c1ccc(F)cc1F)C(C)C. The summed E-state index contributed by atoms with van der Waals surface area (Å²) in [7, 11) is 0. The first-order chi connectivity index (χ1) is 11.4. The van der Waals surface area contributed by atoms with Gasteiger partial charge < -0.3 is 5.11 Å². The Morgan fingerprint density at radius 1 is 1.42 bits per heavy atom. The minimum absolute atomic E-state index is 0.0120. The van der Waals surface area contributed by atoms with Crippen LogP contribution in [0, 0.1) is 24.0 Å². The number of aromatic nitrogens is 3. The molecule has 7 heteroatoms. The lowest BCUT2D eigenvalue weighted by Gasteiger charge is -2.36. The molecule has 0 bridgehead atoms. The summed E-state index contributed by atoms with van der Waals surface area (Å²) in [6.45, 7) is 4.17. The Morgan fingerprint density at radius 2 is 2.17 bits per heavy atom. The molecule has 0 fully saturated rings. The molecule has 0 aliphatic heterocycles. The molecule has 2 rings (SSSR count). The van der Waals surface area contributed by atoms with Crippen LogP contribution in [0.15, 0.2) is 30.9 Å². The lowest BCUT2D eigenvalue weighted by Crippen LogP contribution is -2.47. The number of aliphatic hydroxyl groups is 1. The summed E-state index contributed by atoms with van der Waals surface area (Å²) in [5.41, 5.74) is -1.66. The zero-order valence-electron chi connectivity index (χ0n) is 13.7. The molecule has 2 aromatic rings. The maximum absolute atomic E-state index is 14.3. The fraction of sp³-hybridized carbons (Fsp3) is 0.412. The molecule has 1 aromatic carbocycles. The standard InChI is InChI=1S/C17H20F2N4O/c1-4-7-22(13(2)3)9-17(24,10-23-12-20-11-21-23)15-6-5-14(18)8-16(15)19/h1,5-6,8,11-13,24H,7,9-10H2,2-3H3. The van der Waals surface area contributed by atoms with Gasteiger partial charge in [-0.2, -0.15) is 5.10 Å². The van der Waals surface area contributed by atoms with Gasteiger partial charge in [0.25, 0.3) is 0 Å². The third-order valence-corrected chi connectivity index (χ3v) is 3.81. The van der Waals surface area contributed by atoms with E-state index in [9.17, 15) is 13.9 Å². The number of rotatable bonds is 7. The number of hydrogen-bond donors (Lipinski definition) is 1. The molecule has 0 saturated carbocycles. The normalized spacial score (nSPS) is 13.9. The molecular formula is C17H20F2N4O. The van der Waals surface area contributed by atoms with Crippen LogP contribution in [0.25, 0.3) is 0 Å². The predicted octanol–water partition coefficient (Wildman–Crippen LogP) is 1.79. The Bertz CT molecular complexity index is 712. The minimum atomic E-state index is -1.65. The van der Waals surface area contributed by atoms with E-state index in [1.165, 1.54) is 23.4 Å². The van der Waals surface area contributed by atoms with Crippen molar-refractivity contribution < 1.29 is 13.9 Å². The summed E-state index contributed by atoms with van der Waals surface area (Å²) in [5.74, 6) is 1.01. The zero-order chi connectivity index (χ0) is 17.7. The van der Waals surface area contributed by atoms with Gasteiger partial charge in [0.2, 0.25) is 0 Å². The second-order valence-corrected chi connectivity index (χ2v) is 5.95. The zero-order valence-corrected chi connectivity index (χ0v) is 13.7. The molecule has 0 aliphatic rings. The van der Waals surface area contributed by atoms with Crippen LogP contribution in [0.1, 0.15) is 19.4 Å². The summed E-state index contributed by atoms with van der Waals surface area (Å²) >= 11 is 0. The van der Waals surface area contributed by atoms with Crippen molar-refractivity contribution in [2.75, 3.05) is 13.1 Å². The van der Waals surface area contributed by atoms with Crippen LogP contribution in [0.3, 0.4) is 0 Å². The third-order valence-electron chi connectivity index (χ3n) is 3.81. The summed E-state index contributed by atoms with van der Waals surface area (Å²) in [5, 5.41) is 15.2. The molecule has 1 heterocycles. The largest absolute Gasteiger partial charge is 0.382 e. The molecule has 0 amide bonds. The molecule has 1 unspecified atom stereocenters. The Morgan fingerprint density at radius 3 is 2.71 bits per heavy atom. The minimum Gasteiger partial charge on any atom is -0.382 e. The molecule has 0 saturated heterocycles. The number of benzene rings is 1. The van der Waals surface area contributed by atoms with Gasteiger partial charge in [0.05, 0.1) is 13.1 Å². The van der Waals surface area contributed by atoms with Gasteiger partial charge in [-0.05, 0) is 19.9 Å². The summed E-state index contributed by atoms with van der Waals surface area (Å²) in [6, 6.07) is 3.15. The van der Waals surface area contributed by atoms with Crippen molar-refractivity contribution in [2.45, 2.75) is 32.0 Å². The highest BCUT2D eigenvalue weighted by Crippen LogP contribution is 2.28. The second kappa shape index (κ2) is 7.51. The average molecular weight is 334 g/mol. The average Bonchev–Trinajstić information content (AvgIpc) is 2.99. The van der Waals surface area contributed by atoms with Crippen LogP contribution < -0.4 is 0 Å². The van der Waals surface area contributed by atoms with E-state index in [4.69, 9.17) is 6.42 Å². The van der Waals surface area contributed by atoms with Crippen molar-refractivity contribution in [1.82, 2.24) is 19.7 Å². The van der Waals surface area contributed by atoms with E-state index in [1.54, 1.807) is 0 Å². The monoisotopic (exact) mass is 334 g/mol. The van der Waals surface area contributed by atoms with Crippen molar-refractivity contribution in [3.63, 3.8) is 0 Å².